The number of hydrogen-bond donors (Lipinski definition) is 1. The number of urea groups is 1. The Morgan fingerprint density at radius 2 is 2.12 bits per heavy atom. The fourth-order valence-electron chi connectivity index (χ4n) is 4.18. The van der Waals surface area contributed by atoms with E-state index in [0.29, 0.717) is 30.4 Å². The van der Waals surface area contributed by atoms with E-state index in [-0.39, 0.29) is 32.1 Å². The molecule has 2 heterocycles. The van der Waals surface area contributed by atoms with Gasteiger partial charge in [-0.15, -0.1) is 0 Å². The number of likely N-dealkylation sites (tertiary alicyclic amines) is 1. The largest absolute Gasteiger partial charge is 0.444 e. The third-order valence-electron chi connectivity index (χ3n) is 5.88. The van der Waals surface area contributed by atoms with Crippen molar-refractivity contribution in [1.82, 2.24) is 15.2 Å². The Bertz CT molecular complexity index is 650. The summed E-state index contributed by atoms with van der Waals surface area (Å²) in [7, 11) is 0. The number of aromatic nitrogens is 1. The van der Waals surface area contributed by atoms with Crippen LogP contribution in [-0.2, 0) is 6.54 Å². The molecular formula is C17H22F3N3O2. The number of rotatable bonds is 3. The number of amides is 2. The van der Waals surface area contributed by atoms with E-state index in [4.69, 9.17) is 4.42 Å². The van der Waals surface area contributed by atoms with Gasteiger partial charge in [-0.3, -0.25) is 0 Å². The van der Waals surface area contributed by atoms with Gasteiger partial charge in [-0.05, 0) is 37.5 Å². The van der Waals surface area contributed by atoms with Crippen molar-refractivity contribution in [2.75, 3.05) is 13.1 Å². The zero-order chi connectivity index (χ0) is 17.7. The standard InChI is InChI=1S/C17H22F3N3O2/c18-17(19,20)13-4-7-23(10-16(13)5-1-6-16)15(24)22-9-12-8-21-14(25-12)11-2-3-11/h8,11,13H,1-7,9-10H2,(H,22,24)/t13-/m0/s1. The van der Waals surface area contributed by atoms with Crippen LogP contribution in [0, 0.1) is 11.3 Å². The van der Waals surface area contributed by atoms with Gasteiger partial charge in [0, 0.05) is 19.0 Å². The van der Waals surface area contributed by atoms with Crippen molar-refractivity contribution < 1.29 is 22.4 Å². The fraction of sp³-hybridized carbons (Fsp3) is 0.765. The summed E-state index contributed by atoms with van der Waals surface area (Å²) in [6.45, 7) is 0.541. The van der Waals surface area contributed by atoms with Crippen molar-refractivity contribution in [3.05, 3.63) is 17.8 Å². The van der Waals surface area contributed by atoms with Crippen LogP contribution in [0.3, 0.4) is 0 Å². The lowest BCUT2D eigenvalue weighted by Crippen LogP contribution is -2.59. The number of nitrogens with zero attached hydrogens (tertiary/aromatic N) is 2. The summed E-state index contributed by atoms with van der Waals surface area (Å²) in [4.78, 5) is 18.1. The summed E-state index contributed by atoms with van der Waals surface area (Å²) in [5, 5.41) is 2.75. The molecule has 0 unspecified atom stereocenters. The number of carbonyl (C=O) groups is 1. The Kier molecular flexibility index (Phi) is 3.96. The number of oxazole rings is 1. The maximum atomic E-state index is 13.3. The summed E-state index contributed by atoms with van der Waals surface area (Å²) in [6, 6.07) is -0.323. The van der Waals surface area contributed by atoms with Crippen molar-refractivity contribution in [2.45, 2.75) is 57.2 Å². The van der Waals surface area contributed by atoms with Gasteiger partial charge in [0.1, 0.15) is 5.76 Å². The van der Waals surface area contributed by atoms with Gasteiger partial charge in [-0.1, -0.05) is 6.42 Å². The molecule has 1 atom stereocenters. The third kappa shape index (κ3) is 3.22. The molecule has 1 aromatic rings. The van der Waals surface area contributed by atoms with Crippen LogP contribution in [-0.4, -0.2) is 35.2 Å². The third-order valence-corrected chi connectivity index (χ3v) is 5.88. The first kappa shape index (κ1) is 16.7. The molecule has 1 saturated heterocycles. The predicted octanol–water partition coefficient (Wildman–Crippen LogP) is 3.82. The molecule has 3 fully saturated rings. The van der Waals surface area contributed by atoms with Crippen LogP contribution in [0.4, 0.5) is 18.0 Å². The Labute approximate surface area is 144 Å². The van der Waals surface area contributed by atoms with Gasteiger partial charge in [0.05, 0.1) is 18.7 Å². The van der Waals surface area contributed by atoms with Gasteiger partial charge in [0.25, 0.3) is 0 Å². The average molecular weight is 357 g/mol. The molecule has 2 amide bonds. The second-order valence-electron chi connectivity index (χ2n) is 7.62. The molecule has 25 heavy (non-hydrogen) atoms. The number of carbonyl (C=O) groups excluding carboxylic acids is 1. The molecule has 0 bridgehead atoms. The number of halogens is 3. The van der Waals surface area contributed by atoms with Gasteiger partial charge in [-0.2, -0.15) is 13.2 Å². The van der Waals surface area contributed by atoms with Crippen molar-refractivity contribution in [1.29, 1.82) is 0 Å². The van der Waals surface area contributed by atoms with E-state index in [0.717, 1.165) is 19.3 Å². The van der Waals surface area contributed by atoms with E-state index >= 15 is 0 Å². The van der Waals surface area contributed by atoms with Crippen LogP contribution in [0.15, 0.2) is 10.6 Å². The van der Waals surface area contributed by atoms with Crippen molar-refractivity contribution >= 4 is 6.03 Å². The second kappa shape index (κ2) is 5.92. The molecule has 2 aliphatic carbocycles. The molecule has 8 heteroatoms. The first-order valence-electron chi connectivity index (χ1n) is 8.91. The van der Waals surface area contributed by atoms with Gasteiger partial charge in [-0.25, -0.2) is 9.78 Å². The summed E-state index contributed by atoms with van der Waals surface area (Å²) in [5.41, 5.74) is -0.779. The van der Waals surface area contributed by atoms with Crippen LogP contribution in [0.1, 0.15) is 56.1 Å². The van der Waals surface area contributed by atoms with E-state index in [2.05, 4.69) is 10.3 Å². The molecule has 1 aromatic heterocycles. The minimum Gasteiger partial charge on any atom is -0.444 e. The van der Waals surface area contributed by atoms with Gasteiger partial charge in [0.15, 0.2) is 5.89 Å². The van der Waals surface area contributed by atoms with Crippen LogP contribution >= 0.6 is 0 Å². The zero-order valence-electron chi connectivity index (χ0n) is 13.9. The molecule has 4 rings (SSSR count). The minimum absolute atomic E-state index is 0.00887. The Hall–Kier alpha value is -1.73. The van der Waals surface area contributed by atoms with Gasteiger partial charge in [0.2, 0.25) is 0 Å². The Morgan fingerprint density at radius 3 is 2.72 bits per heavy atom. The molecule has 5 nitrogen and oxygen atoms in total. The zero-order valence-corrected chi connectivity index (χ0v) is 13.9. The van der Waals surface area contributed by atoms with Crippen LogP contribution in [0.5, 0.6) is 0 Å². The molecule has 0 radical (unpaired) electrons. The minimum atomic E-state index is -4.18. The van der Waals surface area contributed by atoms with Crippen LogP contribution < -0.4 is 5.32 Å². The maximum Gasteiger partial charge on any atom is 0.392 e. The van der Waals surface area contributed by atoms with Crippen molar-refractivity contribution in [2.24, 2.45) is 11.3 Å². The van der Waals surface area contributed by atoms with E-state index in [1.807, 2.05) is 0 Å². The first-order valence-corrected chi connectivity index (χ1v) is 8.91. The SMILES string of the molecule is O=C(NCc1cnc(C2CC2)o1)N1CC[C@H](C(F)(F)F)C2(CCC2)C1. The maximum absolute atomic E-state index is 13.3. The summed E-state index contributed by atoms with van der Waals surface area (Å²) < 4.78 is 45.5. The van der Waals surface area contributed by atoms with E-state index in [1.165, 1.54) is 4.90 Å². The van der Waals surface area contributed by atoms with Crippen molar-refractivity contribution in [3.8, 4) is 0 Å². The summed E-state index contributed by atoms with van der Waals surface area (Å²) >= 11 is 0. The molecule has 1 spiro atoms. The lowest BCUT2D eigenvalue weighted by Gasteiger charge is -2.54. The molecule has 0 aromatic carbocycles. The van der Waals surface area contributed by atoms with E-state index in [9.17, 15) is 18.0 Å². The van der Waals surface area contributed by atoms with Crippen LogP contribution in [0.2, 0.25) is 0 Å². The van der Waals surface area contributed by atoms with Gasteiger partial charge < -0.3 is 14.6 Å². The number of hydrogen-bond acceptors (Lipinski definition) is 3. The first-order chi connectivity index (χ1) is 11.9. The molecule has 3 aliphatic rings. The molecular weight excluding hydrogens is 335 g/mol. The van der Waals surface area contributed by atoms with Gasteiger partial charge >= 0.3 is 12.2 Å². The lowest BCUT2D eigenvalue weighted by molar-refractivity contribution is -0.235. The monoisotopic (exact) mass is 357 g/mol. The highest BCUT2D eigenvalue weighted by Crippen LogP contribution is 2.56. The van der Waals surface area contributed by atoms with Crippen molar-refractivity contribution in [3.63, 3.8) is 0 Å². The lowest BCUT2D eigenvalue weighted by atomic mass is 9.58. The topological polar surface area (TPSA) is 58.4 Å². The Balaban J connectivity index is 1.34. The molecule has 1 aliphatic heterocycles. The normalized spacial score (nSPS) is 25.7. The highest BCUT2D eigenvalue weighted by molar-refractivity contribution is 5.74. The average Bonchev–Trinajstić information content (AvgIpc) is 3.28. The Morgan fingerprint density at radius 1 is 1.36 bits per heavy atom. The summed E-state index contributed by atoms with van der Waals surface area (Å²) in [6.07, 6.45) is 1.50. The number of piperidine rings is 1. The molecule has 2 saturated carbocycles. The second-order valence-corrected chi connectivity index (χ2v) is 7.62. The summed E-state index contributed by atoms with van der Waals surface area (Å²) in [5.74, 6) is 0.417. The smallest absolute Gasteiger partial charge is 0.392 e. The van der Waals surface area contributed by atoms with Crippen LogP contribution in [0.25, 0.3) is 0 Å². The molecule has 138 valence electrons. The highest BCUT2D eigenvalue weighted by atomic mass is 19.4. The quantitative estimate of drug-likeness (QED) is 0.895. The predicted molar refractivity (Wildman–Crippen MR) is 82.7 cm³/mol. The number of nitrogens with one attached hydrogen (secondary N) is 1. The fourth-order valence-corrected chi connectivity index (χ4v) is 4.18. The highest BCUT2D eigenvalue weighted by Gasteiger charge is 2.58. The molecule has 1 N–H and O–H groups in total. The number of alkyl halides is 3. The van der Waals surface area contributed by atoms with E-state index in [1.54, 1.807) is 6.20 Å². The van der Waals surface area contributed by atoms with E-state index < -0.39 is 17.5 Å².